The van der Waals surface area contributed by atoms with Crippen LogP contribution in [0, 0.1) is 5.82 Å². The Labute approximate surface area is 170 Å². The summed E-state index contributed by atoms with van der Waals surface area (Å²) < 4.78 is 15.2. The Morgan fingerprint density at radius 3 is 2.72 bits per heavy atom. The SMILES string of the molecule is CCC1=Cc2c(cnn2-c2ccc(F)cc2)C(C(C)=NCc2cccnc2)=CC1. The molecule has 0 bridgehead atoms. The number of hydrogen-bond donors (Lipinski definition) is 0. The van der Waals surface area contributed by atoms with Crippen molar-refractivity contribution < 1.29 is 4.39 Å². The number of fused-ring (bicyclic) bond motifs is 1. The molecule has 1 aromatic carbocycles. The third-order valence-electron chi connectivity index (χ3n) is 5.14. The van der Waals surface area contributed by atoms with Gasteiger partial charge in [0.2, 0.25) is 0 Å². The topological polar surface area (TPSA) is 43.1 Å². The third-order valence-corrected chi connectivity index (χ3v) is 5.14. The summed E-state index contributed by atoms with van der Waals surface area (Å²) in [5.74, 6) is -0.254. The lowest BCUT2D eigenvalue weighted by Crippen LogP contribution is -2.02. The smallest absolute Gasteiger partial charge is 0.123 e. The highest BCUT2D eigenvalue weighted by molar-refractivity contribution is 6.23. The van der Waals surface area contributed by atoms with Crippen LogP contribution in [0.1, 0.15) is 43.5 Å². The Morgan fingerprint density at radius 1 is 1.17 bits per heavy atom. The lowest BCUT2D eigenvalue weighted by atomic mass is 10.0. The Kier molecular flexibility index (Phi) is 5.47. The molecule has 1 aliphatic carbocycles. The summed E-state index contributed by atoms with van der Waals surface area (Å²) in [4.78, 5) is 8.96. The lowest BCUT2D eigenvalue weighted by Gasteiger charge is -2.09. The number of rotatable bonds is 5. The zero-order valence-electron chi connectivity index (χ0n) is 16.6. The molecule has 3 aromatic rings. The number of halogens is 1. The first-order valence-electron chi connectivity index (χ1n) is 9.80. The molecule has 0 spiro atoms. The van der Waals surface area contributed by atoms with E-state index < -0.39 is 0 Å². The molecule has 2 heterocycles. The van der Waals surface area contributed by atoms with Gasteiger partial charge in [-0.15, -0.1) is 0 Å². The van der Waals surface area contributed by atoms with Crippen LogP contribution >= 0.6 is 0 Å². The molecule has 4 rings (SSSR count). The van der Waals surface area contributed by atoms with Gasteiger partial charge in [-0.1, -0.05) is 24.6 Å². The monoisotopic (exact) mass is 386 g/mol. The van der Waals surface area contributed by atoms with Crippen LogP contribution in [0.25, 0.3) is 17.3 Å². The predicted molar refractivity (Wildman–Crippen MR) is 115 cm³/mol. The number of hydrogen-bond acceptors (Lipinski definition) is 3. The largest absolute Gasteiger partial charge is 0.285 e. The first-order chi connectivity index (χ1) is 14.2. The Hall–Kier alpha value is -3.34. The maximum absolute atomic E-state index is 13.4. The Balaban J connectivity index is 1.73. The van der Waals surface area contributed by atoms with E-state index in [2.05, 4.69) is 29.2 Å². The van der Waals surface area contributed by atoms with E-state index in [-0.39, 0.29) is 5.82 Å². The van der Waals surface area contributed by atoms with Gasteiger partial charge in [0.25, 0.3) is 0 Å². The molecule has 0 atom stereocenters. The van der Waals surface area contributed by atoms with Gasteiger partial charge in [0.05, 0.1) is 24.1 Å². The van der Waals surface area contributed by atoms with Crippen LogP contribution in [-0.2, 0) is 6.54 Å². The van der Waals surface area contributed by atoms with E-state index in [1.807, 2.05) is 36.1 Å². The predicted octanol–water partition coefficient (Wildman–Crippen LogP) is 5.65. The second-order valence-electron chi connectivity index (χ2n) is 7.07. The fourth-order valence-electron chi connectivity index (χ4n) is 3.46. The molecule has 2 aromatic heterocycles. The van der Waals surface area contributed by atoms with Crippen molar-refractivity contribution in [1.82, 2.24) is 14.8 Å². The average Bonchev–Trinajstić information content (AvgIpc) is 3.06. The van der Waals surface area contributed by atoms with Crippen molar-refractivity contribution in [2.45, 2.75) is 33.2 Å². The summed E-state index contributed by atoms with van der Waals surface area (Å²) in [7, 11) is 0. The van der Waals surface area contributed by atoms with Crippen molar-refractivity contribution in [3.05, 3.63) is 89.3 Å². The number of allylic oxidation sites excluding steroid dienone is 3. The van der Waals surface area contributed by atoms with Gasteiger partial charge in [0.15, 0.2) is 0 Å². The van der Waals surface area contributed by atoms with E-state index in [1.165, 1.54) is 17.7 Å². The van der Waals surface area contributed by atoms with Crippen molar-refractivity contribution in [2.75, 3.05) is 0 Å². The highest BCUT2D eigenvalue weighted by atomic mass is 19.1. The van der Waals surface area contributed by atoms with Crippen molar-refractivity contribution in [3.8, 4) is 5.69 Å². The van der Waals surface area contributed by atoms with Crippen LogP contribution < -0.4 is 0 Å². The summed E-state index contributed by atoms with van der Waals surface area (Å²) in [6, 6.07) is 10.4. The molecule has 0 saturated carbocycles. The van der Waals surface area contributed by atoms with E-state index in [0.29, 0.717) is 6.54 Å². The second kappa shape index (κ2) is 8.35. The molecule has 0 amide bonds. The molecular formula is C24H23FN4. The fraction of sp³-hybridized carbons (Fsp3) is 0.208. The zero-order valence-corrected chi connectivity index (χ0v) is 16.6. The molecule has 0 fully saturated rings. The maximum atomic E-state index is 13.4. The zero-order chi connectivity index (χ0) is 20.2. The van der Waals surface area contributed by atoms with Gasteiger partial charge < -0.3 is 0 Å². The van der Waals surface area contributed by atoms with Crippen LogP contribution in [0.3, 0.4) is 0 Å². The van der Waals surface area contributed by atoms with Crippen LogP contribution in [0.4, 0.5) is 4.39 Å². The molecule has 0 radical (unpaired) electrons. The van der Waals surface area contributed by atoms with Crippen LogP contribution in [0.5, 0.6) is 0 Å². The number of aromatic nitrogens is 3. The molecule has 5 heteroatoms. The van der Waals surface area contributed by atoms with Gasteiger partial charge in [-0.05, 0) is 61.7 Å². The highest BCUT2D eigenvalue weighted by Crippen LogP contribution is 2.31. The standard InChI is InChI=1S/C24H23FN4/c1-3-18-6-11-22(17(2)27-15-19-5-4-12-26-14-19)23-16-28-29(24(23)13-18)21-9-7-20(25)8-10-21/h4-5,7-14,16H,3,6,15H2,1-2H3. The van der Waals surface area contributed by atoms with Crippen molar-refractivity contribution in [2.24, 2.45) is 4.99 Å². The fourth-order valence-corrected chi connectivity index (χ4v) is 3.46. The van der Waals surface area contributed by atoms with Crippen LogP contribution in [0.15, 0.2) is 71.6 Å². The molecule has 0 unspecified atom stereocenters. The third kappa shape index (κ3) is 4.09. The minimum Gasteiger partial charge on any atom is -0.285 e. The molecular weight excluding hydrogens is 363 g/mol. The van der Waals surface area contributed by atoms with Crippen molar-refractivity contribution in [3.63, 3.8) is 0 Å². The summed E-state index contributed by atoms with van der Waals surface area (Å²) in [6.45, 7) is 4.79. The summed E-state index contributed by atoms with van der Waals surface area (Å²) in [5, 5.41) is 4.60. The first-order valence-corrected chi connectivity index (χ1v) is 9.80. The van der Waals surface area contributed by atoms with E-state index >= 15 is 0 Å². The van der Waals surface area contributed by atoms with Crippen molar-refractivity contribution in [1.29, 1.82) is 0 Å². The first kappa shape index (κ1) is 19.0. The minimum absolute atomic E-state index is 0.254. The van der Waals surface area contributed by atoms with E-state index in [9.17, 15) is 4.39 Å². The molecule has 146 valence electrons. The molecule has 4 nitrogen and oxygen atoms in total. The Morgan fingerprint density at radius 2 is 2.00 bits per heavy atom. The average molecular weight is 386 g/mol. The van der Waals surface area contributed by atoms with E-state index in [1.54, 1.807) is 18.3 Å². The number of pyridine rings is 1. The minimum atomic E-state index is -0.254. The van der Waals surface area contributed by atoms with Crippen LogP contribution in [0.2, 0.25) is 0 Å². The summed E-state index contributed by atoms with van der Waals surface area (Å²) >= 11 is 0. The lowest BCUT2D eigenvalue weighted by molar-refractivity contribution is 0.627. The summed E-state index contributed by atoms with van der Waals surface area (Å²) in [6.07, 6.45) is 11.8. The quantitative estimate of drug-likeness (QED) is 0.532. The van der Waals surface area contributed by atoms with Gasteiger partial charge in [-0.25, -0.2) is 9.07 Å². The van der Waals surface area contributed by atoms with E-state index in [0.717, 1.165) is 46.6 Å². The molecule has 29 heavy (non-hydrogen) atoms. The normalized spacial score (nSPS) is 14.1. The number of aliphatic imine (C=N–C) groups is 1. The maximum Gasteiger partial charge on any atom is 0.123 e. The van der Waals surface area contributed by atoms with E-state index in [4.69, 9.17) is 4.99 Å². The van der Waals surface area contributed by atoms with Gasteiger partial charge in [0.1, 0.15) is 5.82 Å². The molecule has 0 saturated heterocycles. The molecule has 1 aliphatic rings. The molecule has 0 aliphatic heterocycles. The number of benzene rings is 1. The van der Waals surface area contributed by atoms with Gasteiger partial charge in [-0.3, -0.25) is 9.98 Å². The van der Waals surface area contributed by atoms with Gasteiger partial charge in [-0.2, -0.15) is 5.10 Å². The van der Waals surface area contributed by atoms with Gasteiger partial charge in [0, 0.05) is 29.2 Å². The number of nitrogens with zero attached hydrogens (tertiary/aromatic N) is 4. The van der Waals surface area contributed by atoms with Crippen molar-refractivity contribution >= 4 is 17.4 Å². The van der Waals surface area contributed by atoms with Crippen LogP contribution in [-0.4, -0.2) is 20.5 Å². The molecule has 0 N–H and O–H groups in total. The van der Waals surface area contributed by atoms with Gasteiger partial charge >= 0.3 is 0 Å². The summed E-state index contributed by atoms with van der Waals surface area (Å²) in [5.41, 5.74) is 7.36. The highest BCUT2D eigenvalue weighted by Gasteiger charge is 2.19. The Bertz CT molecular complexity index is 1090. The second-order valence-corrected chi connectivity index (χ2v) is 7.07.